The van der Waals surface area contributed by atoms with Crippen molar-refractivity contribution >= 4 is 11.8 Å². The molecule has 0 heterocycles. The van der Waals surface area contributed by atoms with Crippen LogP contribution in [0.1, 0.15) is 26.3 Å². The molecule has 5 heteroatoms. The number of nitrogen functional groups attached to an aromatic ring is 1. The van der Waals surface area contributed by atoms with E-state index in [4.69, 9.17) is 15.2 Å². The van der Waals surface area contributed by atoms with Gasteiger partial charge in [-0.05, 0) is 38.8 Å². The fourth-order valence-corrected chi connectivity index (χ4v) is 1.58. The second kappa shape index (κ2) is 6.31. The Kier molecular flexibility index (Phi) is 5.03. The zero-order chi connectivity index (χ0) is 14.5. The van der Waals surface area contributed by atoms with Gasteiger partial charge >= 0.3 is 6.09 Å². The Morgan fingerprint density at radius 3 is 2.63 bits per heavy atom. The number of hydrogen-bond donors (Lipinski definition) is 2. The predicted molar refractivity (Wildman–Crippen MR) is 75.3 cm³/mol. The number of carbonyl (C=O) groups excluding carboxylic acids is 1. The Morgan fingerprint density at radius 2 is 2.05 bits per heavy atom. The van der Waals surface area contributed by atoms with Crippen LogP contribution in [0.3, 0.4) is 0 Å². The minimum Gasteiger partial charge on any atom is -0.496 e. The number of benzene rings is 1. The summed E-state index contributed by atoms with van der Waals surface area (Å²) in [7, 11) is 1.60. The van der Waals surface area contributed by atoms with Crippen molar-refractivity contribution in [3.63, 3.8) is 0 Å². The van der Waals surface area contributed by atoms with E-state index in [0.29, 0.717) is 18.7 Å². The summed E-state index contributed by atoms with van der Waals surface area (Å²) in [6, 6.07) is 5.47. The van der Waals surface area contributed by atoms with Gasteiger partial charge in [-0.25, -0.2) is 4.79 Å². The molecule has 0 saturated heterocycles. The number of rotatable bonds is 4. The van der Waals surface area contributed by atoms with Gasteiger partial charge in [-0.15, -0.1) is 0 Å². The van der Waals surface area contributed by atoms with Crippen LogP contribution >= 0.6 is 0 Å². The molecule has 0 fully saturated rings. The number of anilines is 1. The molecule has 0 aliphatic carbocycles. The highest BCUT2D eigenvalue weighted by molar-refractivity contribution is 5.67. The third-order valence-electron chi connectivity index (χ3n) is 2.37. The molecular formula is C14H22N2O3. The largest absolute Gasteiger partial charge is 0.496 e. The fourth-order valence-electron chi connectivity index (χ4n) is 1.58. The Bertz CT molecular complexity index is 439. The van der Waals surface area contributed by atoms with E-state index in [1.807, 2.05) is 32.9 Å². The van der Waals surface area contributed by atoms with Gasteiger partial charge < -0.3 is 20.5 Å². The van der Waals surface area contributed by atoms with Crippen LogP contribution in [-0.2, 0) is 11.2 Å². The van der Waals surface area contributed by atoms with Crippen LogP contribution in [0.2, 0.25) is 0 Å². The lowest BCUT2D eigenvalue weighted by atomic mass is 10.1. The molecule has 1 aromatic rings. The topological polar surface area (TPSA) is 73.6 Å². The summed E-state index contributed by atoms with van der Waals surface area (Å²) in [6.45, 7) is 5.97. The smallest absolute Gasteiger partial charge is 0.407 e. The SMILES string of the molecule is COc1cc(N)ccc1CCNC(=O)OC(C)(C)C. The maximum Gasteiger partial charge on any atom is 0.407 e. The van der Waals surface area contributed by atoms with Crippen LogP contribution in [0.4, 0.5) is 10.5 Å². The summed E-state index contributed by atoms with van der Waals surface area (Å²) in [4.78, 5) is 11.5. The highest BCUT2D eigenvalue weighted by Crippen LogP contribution is 2.21. The van der Waals surface area contributed by atoms with Crippen molar-refractivity contribution in [3.05, 3.63) is 23.8 Å². The number of methoxy groups -OCH3 is 1. The van der Waals surface area contributed by atoms with E-state index in [2.05, 4.69) is 5.32 Å². The summed E-state index contributed by atoms with van der Waals surface area (Å²) in [6.07, 6.45) is 0.241. The van der Waals surface area contributed by atoms with Crippen LogP contribution in [0.5, 0.6) is 5.75 Å². The Hall–Kier alpha value is -1.91. The van der Waals surface area contributed by atoms with Gasteiger partial charge in [0.1, 0.15) is 11.4 Å². The number of nitrogens with one attached hydrogen (secondary N) is 1. The van der Waals surface area contributed by atoms with Crippen molar-refractivity contribution in [2.45, 2.75) is 32.8 Å². The first-order chi connectivity index (χ1) is 8.81. The van der Waals surface area contributed by atoms with Gasteiger partial charge in [0.05, 0.1) is 7.11 Å². The quantitative estimate of drug-likeness (QED) is 0.820. The molecule has 0 unspecified atom stereocenters. The van der Waals surface area contributed by atoms with Gasteiger partial charge in [0.15, 0.2) is 0 Å². The third-order valence-corrected chi connectivity index (χ3v) is 2.37. The zero-order valence-electron chi connectivity index (χ0n) is 11.9. The molecule has 0 radical (unpaired) electrons. The van der Waals surface area contributed by atoms with Gasteiger partial charge in [-0.2, -0.15) is 0 Å². The van der Waals surface area contributed by atoms with Crippen molar-refractivity contribution in [2.75, 3.05) is 19.4 Å². The lowest BCUT2D eigenvalue weighted by Crippen LogP contribution is -2.33. The molecule has 3 N–H and O–H groups in total. The first-order valence-electron chi connectivity index (χ1n) is 6.21. The molecule has 1 aromatic carbocycles. The molecule has 0 aliphatic heterocycles. The van der Waals surface area contributed by atoms with Crippen molar-refractivity contribution in [3.8, 4) is 5.75 Å². The van der Waals surface area contributed by atoms with E-state index in [1.165, 1.54) is 0 Å². The standard InChI is InChI=1S/C14H22N2O3/c1-14(2,3)19-13(17)16-8-7-10-5-6-11(15)9-12(10)18-4/h5-6,9H,7-8,15H2,1-4H3,(H,16,17). The minimum atomic E-state index is -0.483. The molecule has 0 saturated carbocycles. The molecule has 0 atom stereocenters. The predicted octanol–water partition coefficient (Wildman–Crippen LogP) is 2.34. The van der Waals surface area contributed by atoms with Crippen LogP contribution < -0.4 is 15.8 Å². The van der Waals surface area contributed by atoms with Gasteiger partial charge in [0.2, 0.25) is 0 Å². The first kappa shape index (κ1) is 15.1. The highest BCUT2D eigenvalue weighted by Gasteiger charge is 2.15. The Balaban J connectivity index is 2.47. The number of carbonyl (C=O) groups is 1. The Labute approximate surface area is 114 Å². The second-order valence-corrected chi connectivity index (χ2v) is 5.25. The van der Waals surface area contributed by atoms with E-state index in [0.717, 1.165) is 11.3 Å². The molecule has 0 aliphatic rings. The highest BCUT2D eigenvalue weighted by atomic mass is 16.6. The Morgan fingerprint density at radius 1 is 1.37 bits per heavy atom. The second-order valence-electron chi connectivity index (χ2n) is 5.25. The van der Waals surface area contributed by atoms with Gasteiger partial charge in [0.25, 0.3) is 0 Å². The van der Waals surface area contributed by atoms with Crippen LogP contribution in [0.25, 0.3) is 0 Å². The van der Waals surface area contributed by atoms with Crippen molar-refractivity contribution in [1.29, 1.82) is 0 Å². The summed E-state index contributed by atoms with van der Waals surface area (Å²) < 4.78 is 10.4. The van der Waals surface area contributed by atoms with Gasteiger partial charge in [0, 0.05) is 18.3 Å². The minimum absolute atomic E-state index is 0.415. The van der Waals surface area contributed by atoms with Gasteiger partial charge in [-0.3, -0.25) is 0 Å². The lowest BCUT2D eigenvalue weighted by molar-refractivity contribution is 0.0528. The average molecular weight is 266 g/mol. The van der Waals surface area contributed by atoms with E-state index >= 15 is 0 Å². The normalized spacial score (nSPS) is 10.9. The molecule has 106 valence electrons. The molecule has 0 aromatic heterocycles. The van der Waals surface area contributed by atoms with Crippen molar-refractivity contribution in [1.82, 2.24) is 5.32 Å². The van der Waals surface area contributed by atoms with Crippen LogP contribution in [-0.4, -0.2) is 25.3 Å². The fraction of sp³-hybridized carbons (Fsp3) is 0.500. The molecule has 19 heavy (non-hydrogen) atoms. The lowest BCUT2D eigenvalue weighted by Gasteiger charge is -2.19. The molecule has 0 bridgehead atoms. The van der Waals surface area contributed by atoms with Crippen LogP contribution in [0.15, 0.2) is 18.2 Å². The molecule has 1 rings (SSSR count). The number of hydrogen-bond acceptors (Lipinski definition) is 4. The molecule has 1 amide bonds. The number of ether oxygens (including phenoxy) is 2. The summed E-state index contributed by atoms with van der Waals surface area (Å²) in [5.74, 6) is 0.728. The van der Waals surface area contributed by atoms with E-state index in [-0.39, 0.29) is 0 Å². The zero-order valence-corrected chi connectivity index (χ0v) is 11.9. The van der Waals surface area contributed by atoms with E-state index in [1.54, 1.807) is 13.2 Å². The molecule has 5 nitrogen and oxygen atoms in total. The summed E-state index contributed by atoms with van der Waals surface area (Å²) in [5.41, 5.74) is 6.84. The van der Waals surface area contributed by atoms with E-state index in [9.17, 15) is 4.79 Å². The first-order valence-corrected chi connectivity index (χ1v) is 6.21. The number of amides is 1. The summed E-state index contributed by atoms with van der Waals surface area (Å²) in [5, 5.41) is 2.71. The van der Waals surface area contributed by atoms with E-state index < -0.39 is 11.7 Å². The molecular weight excluding hydrogens is 244 g/mol. The maximum absolute atomic E-state index is 11.5. The maximum atomic E-state index is 11.5. The summed E-state index contributed by atoms with van der Waals surface area (Å²) >= 11 is 0. The van der Waals surface area contributed by atoms with Crippen molar-refractivity contribution < 1.29 is 14.3 Å². The number of alkyl carbamates (subject to hydrolysis) is 1. The third kappa shape index (κ3) is 5.50. The molecule has 0 spiro atoms. The number of nitrogens with two attached hydrogens (primary N) is 1. The monoisotopic (exact) mass is 266 g/mol. The average Bonchev–Trinajstić information content (AvgIpc) is 2.28. The van der Waals surface area contributed by atoms with Crippen LogP contribution in [0, 0.1) is 0 Å². The van der Waals surface area contributed by atoms with Gasteiger partial charge in [-0.1, -0.05) is 6.07 Å². The van der Waals surface area contributed by atoms with Crippen molar-refractivity contribution in [2.24, 2.45) is 0 Å².